The summed E-state index contributed by atoms with van der Waals surface area (Å²) in [5.74, 6) is 6.51. The minimum atomic E-state index is 0.119. The summed E-state index contributed by atoms with van der Waals surface area (Å²) >= 11 is 0. The Hall–Kier alpha value is -1.79. The van der Waals surface area contributed by atoms with Crippen LogP contribution in [-0.4, -0.2) is 12.5 Å². The lowest BCUT2D eigenvalue weighted by molar-refractivity contribution is -0.117. The zero-order valence-corrected chi connectivity index (χ0v) is 12.7. The van der Waals surface area contributed by atoms with Crippen molar-refractivity contribution in [2.24, 2.45) is 11.7 Å². The molecule has 112 valence electrons. The first-order chi connectivity index (χ1) is 10.2. The number of rotatable bonds is 3. The maximum atomic E-state index is 12.2. The molecule has 21 heavy (non-hydrogen) atoms. The molecule has 0 saturated heterocycles. The van der Waals surface area contributed by atoms with E-state index in [-0.39, 0.29) is 5.91 Å². The number of amides is 1. The van der Waals surface area contributed by atoms with Gasteiger partial charge in [0.15, 0.2) is 0 Å². The smallest absolute Gasteiger partial charge is 0.224 e. The van der Waals surface area contributed by atoms with Crippen LogP contribution in [0.1, 0.15) is 49.7 Å². The molecule has 0 unspecified atom stereocenters. The third-order valence-electron chi connectivity index (χ3n) is 4.05. The molecule has 2 rings (SSSR count). The summed E-state index contributed by atoms with van der Waals surface area (Å²) in [4.78, 5) is 12.2. The summed E-state index contributed by atoms with van der Waals surface area (Å²) in [6.45, 7) is 2.34. The molecule has 1 saturated carbocycles. The Balaban J connectivity index is 1.98. The summed E-state index contributed by atoms with van der Waals surface area (Å²) in [6.07, 6.45) is 6.86. The highest BCUT2D eigenvalue weighted by Gasteiger charge is 2.17. The molecule has 3 N–H and O–H groups in total. The van der Waals surface area contributed by atoms with E-state index in [9.17, 15) is 4.79 Å². The standard InChI is InChI=1S/C18H24N2O/c1-14-9-10-16(8-5-11-19)12-17(14)20-18(21)13-15-6-3-2-4-7-15/h9-10,12,15H,2-4,6-7,11,13,19H2,1H3,(H,20,21). The zero-order chi connectivity index (χ0) is 15.1. The van der Waals surface area contributed by atoms with Gasteiger partial charge in [-0.15, -0.1) is 0 Å². The number of hydrogen-bond donors (Lipinski definition) is 2. The molecular formula is C18H24N2O. The molecule has 3 heteroatoms. The van der Waals surface area contributed by atoms with Crippen molar-refractivity contribution in [2.45, 2.75) is 45.4 Å². The average Bonchev–Trinajstić information content (AvgIpc) is 2.49. The number of aryl methyl sites for hydroxylation is 1. The lowest BCUT2D eigenvalue weighted by Gasteiger charge is -2.21. The minimum absolute atomic E-state index is 0.119. The second-order valence-electron chi connectivity index (χ2n) is 5.79. The monoisotopic (exact) mass is 284 g/mol. The van der Waals surface area contributed by atoms with E-state index < -0.39 is 0 Å². The number of carbonyl (C=O) groups excluding carboxylic acids is 1. The number of hydrogen-bond acceptors (Lipinski definition) is 2. The minimum Gasteiger partial charge on any atom is -0.326 e. The first kappa shape index (κ1) is 15.6. The Kier molecular flexibility index (Phi) is 5.83. The molecule has 3 nitrogen and oxygen atoms in total. The second kappa shape index (κ2) is 7.85. The molecule has 1 amide bonds. The fraction of sp³-hybridized carbons (Fsp3) is 0.500. The maximum absolute atomic E-state index is 12.2. The molecule has 0 atom stereocenters. The van der Waals surface area contributed by atoms with Crippen molar-refractivity contribution in [3.8, 4) is 11.8 Å². The normalized spacial score (nSPS) is 15.1. The SMILES string of the molecule is Cc1ccc(C#CCN)cc1NC(=O)CC1CCCCC1. The third kappa shape index (κ3) is 4.91. The van der Waals surface area contributed by atoms with Gasteiger partial charge in [0.25, 0.3) is 0 Å². The van der Waals surface area contributed by atoms with Gasteiger partial charge >= 0.3 is 0 Å². The number of carbonyl (C=O) groups is 1. The van der Waals surface area contributed by atoms with Gasteiger partial charge < -0.3 is 11.1 Å². The van der Waals surface area contributed by atoms with Gasteiger partial charge in [0.05, 0.1) is 6.54 Å². The summed E-state index contributed by atoms with van der Waals surface area (Å²) in [5, 5.41) is 3.04. The zero-order valence-electron chi connectivity index (χ0n) is 12.7. The quantitative estimate of drug-likeness (QED) is 0.837. The van der Waals surface area contributed by atoms with E-state index in [1.54, 1.807) is 0 Å². The van der Waals surface area contributed by atoms with Crippen LogP contribution < -0.4 is 11.1 Å². The summed E-state index contributed by atoms with van der Waals surface area (Å²) in [5.41, 5.74) is 8.19. The fourth-order valence-corrected chi connectivity index (χ4v) is 2.84. The Morgan fingerprint density at radius 3 is 2.81 bits per heavy atom. The van der Waals surface area contributed by atoms with Crippen molar-refractivity contribution in [1.82, 2.24) is 0 Å². The number of anilines is 1. The second-order valence-corrected chi connectivity index (χ2v) is 5.79. The Labute approximate surface area is 127 Å². The lowest BCUT2D eigenvalue weighted by Crippen LogP contribution is -2.18. The Bertz CT molecular complexity index is 548. The van der Waals surface area contributed by atoms with Crippen LogP contribution in [0.25, 0.3) is 0 Å². The van der Waals surface area contributed by atoms with Crippen molar-refractivity contribution >= 4 is 11.6 Å². The topological polar surface area (TPSA) is 55.1 Å². The van der Waals surface area contributed by atoms with Gasteiger partial charge in [-0.1, -0.05) is 37.2 Å². The van der Waals surface area contributed by atoms with E-state index in [2.05, 4.69) is 17.2 Å². The van der Waals surface area contributed by atoms with Crippen LogP contribution in [0.2, 0.25) is 0 Å². The van der Waals surface area contributed by atoms with E-state index >= 15 is 0 Å². The highest BCUT2D eigenvalue weighted by molar-refractivity contribution is 5.91. The first-order valence-electron chi connectivity index (χ1n) is 7.78. The summed E-state index contributed by atoms with van der Waals surface area (Å²) in [6, 6.07) is 5.86. The molecule has 1 aliphatic carbocycles. The molecule has 0 heterocycles. The molecule has 0 aromatic heterocycles. The highest BCUT2D eigenvalue weighted by Crippen LogP contribution is 2.27. The molecule has 0 spiro atoms. The number of nitrogens with two attached hydrogens (primary N) is 1. The highest BCUT2D eigenvalue weighted by atomic mass is 16.1. The number of benzene rings is 1. The lowest BCUT2D eigenvalue weighted by atomic mass is 9.87. The Morgan fingerprint density at radius 1 is 1.33 bits per heavy atom. The molecule has 1 fully saturated rings. The number of nitrogens with one attached hydrogen (secondary N) is 1. The van der Waals surface area contributed by atoms with Crippen molar-refractivity contribution in [3.05, 3.63) is 29.3 Å². The van der Waals surface area contributed by atoms with Crippen LogP contribution in [-0.2, 0) is 4.79 Å². The van der Waals surface area contributed by atoms with Crippen LogP contribution in [0, 0.1) is 24.7 Å². The predicted octanol–water partition coefficient (Wildman–Crippen LogP) is 3.21. The van der Waals surface area contributed by atoms with Crippen LogP contribution >= 0.6 is 0 Å². The summed E-state index contributed by atoms with van der Waals surface area (Å²) < 4.78 is 0. The fourth-order valence-electron chi connectivity index (χ4n) is 2.84. The summed E-state index contributed by atoms with van der Waals surface area (Å²) in [7, 11) is 0. The molecule has 1 aromatic carbocycles. The maximum Gasteiger partial charge on any atom is 0.224 e. The van der Waals surface area contributed by atoms with Crippen molar-refractivity contribution in [3.63, 3.8) is 0 Å². The van der Waals surface area contributed by atoms with E-state index in [0.29, 0.717) is 18.9 Å². The first-order valence-corrected chi connectivity index (χ1v) is 7.78. The van der Waals surface area contributed by atoms with E-state index in [1.807, 2.05) is 25.1 Å². The van der Waals surface area contributed by atoms with Gasteiger partial charge in [0.1, 0.15) is 0 Å². The van der Waals surface area contributed by atoms with E-state index in [4.69, 9.17) is 5.73 Å². The molecular weight excluding hydrogens is 260 g/mol. The largest absolute Gasteiger partial charge is 0.326 e. The van der Waals surface area contributed by atoms with Crippen molar-refractivity contribution < 1.29 is 4.79 Å². The van der Waals surface area contributed by atoms with Crippen LogP contribution in [0.15, 0.2) is 18.2 Å². The van der Waals surface area contributed by atoms with E-state index in [1.165, 1.54) is 32.1 Å². The van der Waals surface area contributed by atoms with Gasteiger partial charge in [-0.2, -0.15) is 0 Å². The molecule has 0 bridgehead atoms. The Morgan fingerprint density at radius 2 is 2.10 bits per heavy atom. The molecule has 1 aromatic rings. The predicted molar refractivity (Wildman–Crippen MR) is 86.9 cm³/mol. The van der Waals surface area contributed by atoms with Gasteiger partial charge in [-0.3, -0.25) is 4.79 Å². The average molecular weight is 284 g/mol. The van der Waals surface area contributed by atoms with Gasteiger partial charge in [0.2, 0.25) is 5.91 Å². The van der Waals surface area contributed by atoms with Gasteiger partial charge in [-0.25, -0.2) is 0 Å². The molecule has 0 aliphatic heterocycles. The van der Waals surface area contributed by atoms with Crippen molar-refractivity contribution in [2.75, 3.05) is 11.9 Å². The van der Waals surface area contributed by atoms with Gasteiger partial charge in [-0.05, 0) is 43.4 Å². The van der Waals surface area contributed by atoms with Crippen LogP contribution in [0.5, 0.6) is 0 Å². The molecule has 0 radical (unpaired) electrons. The van der Waals surface area contributed by atoms with Gasteiger partial charge in [0, 0.05) is 17.7 Å². The van der Waals surface area contributed by atoms with Crippen LogP contribution in [0.3, 0.4) is 0 Å². The van der Waals surface area contributed by atoms with E-state index in [0.717, 1.165) is 16.8 Å². The third-order valence-corrected chi connectivity index (χ3v) is 4.05. The van der Waals surface area contributed by atoms with Crippen molar-refractivity contribution in [1.29, 1.82) is 0 Å². The van der Waals surface area contributed by atoms with Crippen LogP contribution in [0.4, 0.5) is 5.69 Å². The molecule has 1 aliphatic rings.